The van der Waals surface area contributed by atoms with E-state index in [1.807, 2.05) is 11.6 Å². The normalized spacial score (nSPS) is 14.4. The molecule has 1 amide bonds. The number of rotatable bonds is 7. The summed E-state index contributed by atoms with van der Waals surface area (Å²) < 4.78 is 34.3. The molecular weight excluding hydrogens is 376 g/mol. The lowest BCUT2D eigenvalue weighted by molar-refractivity contribution is -0.118. The molecule has 2 aromatic rings. The maximum Gasteiger partial charge on any atom is 0.230 e. The van der Waals surface area contributed by atoms with Crippen LogP contribution in [0.25, 0.3) is 0 Å². The number of carbonyl (C=O) groups is 1. The van der Waals surface area contributed by atoms with Gasteiger partial charge in [-0.25, -0.2) is 8.78 Å². The van der Waals surface area contributed by atoms with Crippen LogP contribution in [0.5, 0.6) is 0 Å². The van der Waals surface area contributed by atoms with Crippen molar-refractivity contribution in [1.82, 2.24) is 20.1 Å². The second-order valence-corrected chi connectivity index (χ2v) is 6.97. The summed E-state index contributed by atoms with van der Waals surface area (Å²) in [5, 5.41) is 11.6. The van der Waals surface area contributed by atoms with Gasteiger partial charge in [-0.2, -0.15) is 0 Å². The Kier molecular flexibility index (Phi) is 6.62. The maximum absolute atomic E-state index is 13.6. The number of benzene rings is 1. The van der Waals surface area contributed by atoms with Gasteiger partial charge in [0.05, 0.1) is 19.0 Å². The largest absolute Gasteiger partial charge is 0.378 e. The third kappa shape index (κ3) is 4.95. The molecule has 7 nitrogen and oxygen atoms in total. The summed E-state index contributed by atoms with van der Waals surface area (Å²) in [7, 11) is 1.85. The minimum atomic E-state index is -0.603. The average Bonchev–Trinajstić information content (AvgIpc) is 3.04. The van der Waals surface area contributed by atoms with Crippen molar-refractivity contribution in [3.63, 3.8) is 0 Å². The second kappa shape index (κ2) is 9.14. The van der Waals surface area contributed by atoms with Crippen LogP contribution in [0.15, 0.2) is 23.4 Å². The molecule has 1 saturated heterocycles. The number of hydrogen-bond acceptors (Lipinski definition) is 6. The van der Waals surface area contributed by atoms with E-state index in [9.17, 15) is 13.6 Å². The van der Waals surface area contributed by atoms with Crippen molar-refractivity contribution < 1.29 is 18.3 Å². The second-order valence-electron chi connectivity index (χ2n) is 6.03. The summed E-state index contributed by atoms with van der Waals surface area (Å²) >= 11 is 1.26. The van der Waals surface area contributed by atoms with E-state index in [1.165, 1.54) is 30.0 Å². The van der Waals surface area contributed by atoms with E-state index in [4.69, 9.17) is 4.74 Å². The molecule has 1 aliphatic heterocycles. The van der Waals surface area contributed by atoms with Crippen LogP contribution in [-0.2, 0) is 23.0 Å². The Bertz CT molecular complexity index is 775. The highest BCUT2D eigenvalue weighted by molar-refractivity contribution is 7.99. The Balaban J connectivity index is 1.46. The zero-order chi connectivity index (χ0) is 19.2. The predicted octanol–water partition coefficient (Wildman–Crippen LogP) is 1.38. The Morgan fingerprint density at radius 2 is 1.96 bits per heavy atom. The van der Waals surface area contributed by atoms with Gasteiger partial charge in [0.25, 0.3) is 0 Å². The first-order valence-electron chi connectivity index (χ1n) is 8.60. The van der Waals surface area contributed by atoms with Gasteiger partial charge in [-0.05, 0) is 18.6 Å². The Morgan fingerprint density at radius 1 is 1.26 bits per heavy atom. The Hall–Kier alpha value is -2.20. The van der Waals surface area contributed by atoms with E-state index in [-0.39, 0.29) is 30.2 Å². The molecule has 0 spiro atoms. The summed E-state index contributed by atoms with van der Waals surface area (Å²) in [5.74, 6) is -0.542. The van der Waals surface area contributed by atoms with Crippen LogP contribution in [0.4, 0.5) is 14.7 Å². The van der Waals surface area contributed by atoms with Crippen LogP contribution in [0, 0.1) is 11.6 Å². The van der Waals surface area contributed by atoms with Crippen molar-refractivity contribution in [2.45, 2.75) is 11.6 Å². The summed E-state index contributed by atoms with van der Waals surface area (Å²) in [6.07, 6.45) is 0.0973. The van der Waals surface area contributed by atoms with Crippen molar-refractivity contribution in [2.75, 3.05) is 43.5 Å². The van der Waals surface area contributed by atoms with Crippen LogP contribution < -0.4 is 10.2 Å². The maximum atomic E-state index is 13.6. The fourth-order valence-electron chi connectivity index (χ4n) is 2.75. The van der Waals surface area contributed by atoms with E-state index in [2.05, 4.69) is 20.4 Å². The minimum Gasteiger partial charge on any atom is -0.378 e. The first kappa shape index (κ1) is 19.6. The van der Waals surface area contributed by atoms with E-state index < -0.39 is 11.6 Å². The number of nitrogens with one attached hydrogen (secondary N) is 1. The quantitative estimate of drug-likeness (QED) is 0.712. The SMILES string of the molecule is Cn1c(SCC(=O)NCCc2c(F)cccc2F)nnc1N1CCOCC1. The fourth-order valence-corrected chi connectivity index (χ4v) is 3.49. The van der Waals surface area contributed by atoms with Gasteiger partial charge in [-0.1, -0.05) is 17.8 Å². The van der Waals surface area contributed by atoms with Crippen molar-refractivity contribution in [1.29, 1.82) is 0 Å². The molecule has 1 N–H and O–H groups in total. The van der Waals surface area contributed by atoms with Gasteiger partial charge in [0.15, 0.2) is 5.16 Å². The molecule has 1 fully saturated rings. The van der Waals surface area contributed by atoms with E-state index >= 15 is 0 Å². The van der Waals surface area contributed by atoms with Crippen LogP contribution in [-0.4, -0.2) is 59.3 Å². The van der Waals surface area contributed by atoms with Gasteiger partial charge in [-0.3, -0.25) is 9.36 Å². The van der Waals surface area contributed by atoms with Gasteiger partial charge in [0, 0.05) is 32.2 Å². The number of ether oxygens (including phenoxy) is 1. The molecule has 3 rings (SSSR count). The molecule has 0 bridgehead atoms. The standard InChI is InChI=1S/C17H21F2N5O2S/c1-23-16(24-7-9-26-10-8-24)21-22-17(23)27-11-15(25)20-6-5-12-13(18)3-2-4-14(12)19/h2-4H,5-11H2,1H3,(H,20,25). The number of aromatic nitrogens is 3. The number of anilines is 1. The molecule has 0 atom stereocenters. The van der Waals surface area contributed by atoms with Crippen LogP contribution in [0.2, 0.25) is 0 Å². The number of morpholine rings is 1. The highest BCUT2D eigenvalue weighted by Gasteiger charge is 2.19. The molecule has 0 unspecified atom stereocenters. The van der Waals surface area contributed by atoms with Crippen LogP contribution in [0.1, 0.15) is 5.56 Å². The van der Waals surface area contributed by atoms with E-state index in [0.717, 1.165) is 19.0 Å². The summed E-state index contributed by atoms with van der Waals surface area (Å²) in [6, 6.07) is 3.72. The summed E-state index contributed by atoms with van der Waals surface area (Å²) in [5.41, 5.74) is -0.0195. The zero-order valence-corrected chi connectivity index (χ0v) is 15.8. The Morgan fingerprint density at radius 3 is 2.67 bits per heavy atom. The van der Waals surface area contributed by atoms with Crippen molar-refractivity contribution >= 4 is 23.6 Å². The highest BCUT2D eigenvalue weighted by atomic mass is 32.2. The molecule has 0 aliphatic carbocycles. The monoisotopic (exact) mass is 397 g/mol. The number of carbonyl (C=O) groups excluding carboxylic acids is 1. The minimum absolute atomic E-state index is 0.0195. The van der Waals surface area contributed by atoms with Gasteiger partial charge in [0.2, 0.25) is 11.9 Å². The molecule has 1 aromatic heterocycles. The van der Waals surface area contributed by atoms with Crippen molar-refractivity contribution in [3.8, 4) is 0 Å². The van der Waals surface area contributed by atoms with Gasteiger partial charge in [0.1, 0.15) is 11.6 Å². The molecule has 2 heterocycles. The predicted molar refractivity (Wildman–Crippen MR) is 97.8 cm³/mol. The lowest BCUT2D eigenvalue weighted by Gasteiger charge is -2.27. The first-order valence-corrected chi connectivity index (χ1v) is 9.59. The van der Waals surface area contributed by atoms with Crippen LogP contribution in [0.3, 0.4) is 0 Å². The lowest BCUT2D eigenvalue weighted by atomic mass is 10.1. The molecule has 146 valence electrons. The van der Waals surface area contributed by atoms with Gasteiger partial charge < -0.3 is 15.0 Å². The molecule has 0 radical (unpaired) electrons. The number of nitrogens with zero attached hydrogens (tertiary/aromatic N) is 4. The smallest absolute Gasteiger partial charge is 0.230 e. The fraction of sp³-hybridized carbons (Fsp3) is 0.471. The third-order valence-electron chi connectivity index (χ3n) is 4.20. The van der Waals surface area contributed by atoms with Crippen molar-refractivity contribution in [2.24, 2.45) is 7.05 Å². The number of halogens is 2. The van der Waals surface area contributed by atoms with Gasteiger partial charge in [-0.15, -0.1) is 10.2 Å². The number of thioether (sulfide) groups is 1. The molecule has 1 aliphatic rings. The molecule has 10 heteroatoms. The molecule has 27 heavy (non-hydrogen) atoms. The molecule has 0 saturated carbocycles. The first-order chi connectivity index (χ1) is 13.1. The van der Waals surface area contributed by atoms with Gasteiger partial charge >= 0.3 is 0 Å². The Labute approximate surface area is 160 Å². The topological polar surface area (TPSA) is 72.3 Å². The number of hydrogen-bond donors (Lipinski definition) is 1. The molecular formula is C17H21F2N5O2S. The van der Waals surface area contributed by atoms with E-state index in [1.54, 1.807) is 0 Å². The average molecular weight is 397 g/mol. The zero-order valence-electron chi connectivity index (χ0n) is 15.0. The third-order valence-corrected chi connectivity index (χ3v) is 5.22. The summed E-state index contributed by atoms with van der Waals surface area (Å²) in [6.45, 7) is 2.98. The van der Waals surface area contributed by atoms with E-state index in [0.29, 0.717) is 18.4 Å². The summed E-state index contributed by atoms with van der Waals surface area (Å²) in [4.78, 5) is 14.1. The highest BCUT2D eigenvalue weighted by Crippen LogP contribution is 2.20. The van der Waals surface area contributed by atoms with Crippen LogP contribution >= 0.6 is 11.8 Å². The number of amides is 1. The van der Waals surface area contributed by atoms with Crippen molar-refractivity contribution in [3.05, 3.63) is 35.4 Å². The lowest BCUT2D eigenvalue weighted by Crippen LogP contribution is -2.37. The molecule has 1 aromatic carbocycles.